The van der Waals surface area contributed by atoms with Gasteiger partial charge in [-0.1, -0.05) is 22.6 Å². The second-order valence-electron chi connectivity index (χ2n) is 0.847. The molecule has 0 saturated heterocycles. The van der Waals surface area contributed by atoms with Crippen molar-refractivity contribution in [2.24, 2.45) is 0 Å². The highest BCUT2D eigenvalue weighted by molar-refractivity contribution is 14.1. The Morgan fingerprint density at radius 1 is 1.67 bits per heavy atom. The summed E-state index contributed by atoms with van der Waals surface area (Å²) in [7, 11) is 0. The molecule has 0 aromatic carbocycles. The highest BCUT2D eigenvalue weighted by atomic mass is 127. The first-order chi connectivity index (χ1) is 2.91. The molecule has 0 aromatic rings. The Morgan fingerprint density at radius 3 is 2.50 bits per heavy atom. The van der Waals surface area contributed by atoms with Gasteiger partial charge in [0.2, 0.25) is 0 Å². The number of halogens is 1. The van der Waals surface area contributed by atoms with Crippen molar-refractivity contribution in [3.05, 3.63) is 0 Å². The molecule has 0 amide bonds. The van der Waals surface area contributed by atoms with Crippen molar-refractivity contribution in [2.75, 3.05) is 17.7 Å². The van der Waals surface area contributed by atoms with Crippen LogP contribution in [0.3, 0.4) is 0 Å². The molecule has 0 aliphatic rings. The molecule has 0 unspecified atom stereocenters. The fourth-order valence-corrected chi connectivity index (χ4v) is 0.527. The van der Waals surface area contributed by atoms with Crippen LogP contribution in [0.4, 0.5) is 0 Å². The Kier molecular flexibility index (Phi) is 6.26. The molecule has 2 nitrogen and oxygen atoms in total. The molecule has 0 bridgehead atoms. The largest absolute Gasteiger partial charge is 0.381 e. The van der Waals surface area contributed by atoms with Crippen molar-refractivity contribution >= 4 is 22.6 Å². The zero-order chi connectivity index (χ0) is 4.83. The number of hydrogen-bond acceptors (Lipinski definition) is 2. The summed E-state index contributed by atoms with van der Waals surface area (Å²) in [4.78, 5) is 0. The molecule has 0 aliphatic carbocycles. The van der Waals surface area contributed by atoms with Crippen LogP contribution in [0.1, 0.15) is 0 Å². The van der Waals surface area contributed by atoms with Crippen molar-refractivity contribution in [2.45, 2.75) is 0 Å². The van der Waals surface area contributed by atoms with Crippen LogP contribution in [-0.4, -0.2) is 22.8 Å². The second kappa shape index (κ2) is 5.65. The van der Waals surface area contributed by atoms with Gasteiger partial charge in [-0.15, -0.1) is 0 Å². The van der Waals surface area contributed by atoms with E-state index >= 15 is 0 Å². The van der Waals surface area contributed by atoms with Crippen LogP contribution in [0.5, 0.6) is 0 Å². The monoisotopic (exact) mass is 201 g/mol. The summed E-state index contributed by atoms with van der Waals surface area (Å²) in [6.07, 6.45) is 0. The molecule has 2 N–H and O–H groups in total. The Balaban J connectivity index is 2.34. The molecule has 6 heavy (non-hydrogen) atoms. The third-order valence-electron chi connectivity index (χ3n) is 0.383. The predicted octanol–water partition coefficient (Wildman–Crippen LogP) is -0.0392. The molecule has 0 rings (SSSR count). The smallest absolute Gasteiger partial charge is 0.0931 e. The Morgan fingerprint density at radius 2 is 2.33 bits per heavy atom. The van der Waals surface area contributed by atoms with Crippen LogP contribution in [0.2, 0.25) is 0 Å². The van der Waals surface area contributed by atoms with Crippen molar-refractivity contribution in [3.8, 4) is 0 Å². The summed E-state index contributed by atoms with van der Waals surface area (Å²) in [6.45, 7) is 1.00. The molecule has 0 fully saturated rings. The van der Waals surface area contributed by atoms with Gasteiger partial charge in [0.1, 0.15) is 0 Å². The maximum Gasteiger partial charge on any atom is 0.0931 e. The summed E-state index contributed by atoms with van der Waals surface area (Å²) in [5.74, 6) is 0. The maximum absolute atomic E-state index is 8.08. The van der Waals surface area contributed by atoms with E-state index in [-0.39, 0.29) is 6.73 Å². The van der Waals surface area contributed by atoms with Crippen molar-refractivity contribution < 1.29 is 5.11 Å². The predicted molar refractivity (Wildman–Crippen MR) is 34.0 cm³/mol. The minimum Gasteiger partial charge on any atom is -0.381 e. The van der Waals surface area contributed by atoms with E-state index in [1.807, 2.05) is 0 Å². The van der Waals surface area contributed by atoms with E-state index in [0.29, 0.717) is 0 Å². The summed E-state index contributed by atoms with van der Waals surface area (Å²) in [5, 5.41) is 10.8. The fraction of sp³-hybridized carbons (Fsp3) is 1.00. The molecule has 0 heterocycles. The first kappa shape index (κ1) is 6.65. The Labute approximate surface area is 51.1 Å². The van der Waals surface area contributed by atoms with Gasteiger partial charge in [-0.25, -0.2) is 0 Å². The van der Waals surface area contributed by atoms with Gasteiger partial charge in [0.25, 0.3) is 0 Å². The van der Waals surface area contributed by atoms with E-state index in [0.717, 1.165) is 11.0 Å². The van der Waals surface area contributed by atoms with Crippen LogP contribution >= 0.6 is 22.6 Å². The summed E-state index contributed by atoms with van der Waals surface area (Å²) in [6, 6.07) is 0. The number of nitrogens with one attached hydrogen (secondary N) is 1. The van der Waals surface area contributed by atoms with E-state index in [9.17, 15) is 0 Å². The zero-order valence-corrected chi connectivity index (χ0v) is 5.60. The SMILES string of the molecule is OCNCCI. The third-order valence-corrected chi connectivity index (χ3v) is 0.922. The minimum absolute atomic E-state index is 0.100. The molecule has 0 radical (unpaired) electrons. The number of alkyl halides is 1. The highest BCUT2D eigenvalue weighted by Gasteiger charge is 1.73. The first-order valence-corrected chi connectivity index (χ1v) is 3.32. The van der Waals surface area contributed by atoms with Crippen LogP contribution in [0, 0.1) is 0 Å². The van der Waals surface area contributed by atoms with E-state index in [1.165, 1.54) is 0 Å². The lowest BCUT2D eigenvalue weighted by atomic mass is 10.8. The summed E-state index contributed by atoms with van der Waals surface area (Å²) in [5.41, 5.74) is 0. The van der Waals surface area contributed by atoms with Gasteiger partial charge in [0.15, 0.2) is 0 Å². The maximum atomic E-state index is 8.08. The van der Waals surface area contributed by atoms with Gasteiger partial charge in [-0.05, 0) is 0 Å². The average molecular weight is 201 g/mol. The van der Waals surface area contributed by atoms with E-state index < -0.39 is 0 Å². The quantitative estimate of drug-likeness (QED) is 0.290. The number of rotatable bonds is 3. The van der Waals surface area contributed by atoms with Crippen LogP contribution < -0.4 is 5.32 Å². The van der Waals surface area contributed by atoms with Gasteiger partial charge in [0, 0.05) is 11.0 Å². The van der Waals surface area contributed by atoms with E-state index in [2.05, 4.69) is 27.9 Å². The van der Waals surface area contributed by atoms with Gasteiger partial charge < -0.3 is 5.11 Å². The first-order valence-electron chi connectivity index (χ1n) is 1.79. The lowest BCUT2D eigenvalue weighted by molar-refractivity contribution is 0.265. The molecule has 3 heteroatoms. The molecule has 0 spiro atoms. The fourth-order valence-electron chi connectivity index (χ4n) is 0.146. The molecule has 38 valence electrons. The van der Waals surface area contributed by atoms with Crippen molar-refractivity contribution in [1.82, 2.24) is 5.32 Å². The van der Waals surface area contributed by atoms with Crippen molar-refractivity contribution in [1.29, 1.82) is 0 Å². The van der Waals surface area contributed by atoms with Gasteiger partial charge >= 0.3 is 0 Å². The number of aliphatic hydroxyl groups is 1. The van der Waals surface area contributed by atoms with Gasteiger partial charge in [0.05, 0.1) is 6.73 Å². The van der Waals surface area contributed by atoms with E-state index in [4.69, 9.17) is 5.11 Å². The zero-order valence-electron chi connectivity index (χ0n) is 3.45. The van der Waals surface area contributed by atoms with Crippen LogP contribution in [0.15, 0.2) is 0 Å². The van der Waals surface area contributed by atoms with Crippen molar-refractivity contribution in [3.63, 3.8) is 0 Å². The van der Waals surface area contributed by atoms with Gasteiger partial charge in [-0.3, -0.25) is 5.32 Å². The van der Waals surface area contributed by atoms with Crippen LogP contribution in [0.25, 0.3) is 0 Å². The molecular weight excluding hydrogens is 193 g/mol. The topological polar surface area (TPSA) is 32.3 Å². The molecule has 0 aliphatic heterocycles. The minimum atomic E-state index is 0.100. The Bertz CT molecular complexity index is 22.8. The Hall–Kier alpha value is 0.650. The molecule has 0 saturated carbocycles. The standard InChI is InChI=1S/C3H8INO/c4-1-2-5-3-6/h5-6H,1-3H2. The number of aliphatic hydroxyl groups excluding tert-OH is 1. The summed E-state index contributed by atoms with van der Waals surface area (Å²) >= 11 is 2.24. The second-order valence-corrected chi connectivity index (χ2v) is 1.93. The highest BCUT2D eigenvalue weighted by Crippen LogP contribution is 1.73. The van der Waals surface area contributed by atoms with Gasteiger partial charge in [-0.2, -0.15) is 0 Å². The molecule has 0 atom stereocenters. The summed E-state index contributed by atoms with van der Waals surface area (Å²) < 4.78 is 1.05. The lowest BCUT2D eigenvalue weighted by Gasteiger charge is -1.90. The normalized spacial score (nSPS) is 9.00. The third kappa shape index (κ3) is 4.65. The average Bonchev–Trinajstić information content (AvgIpc) is 1.61. The molecule has 0 aromatic heterocycles. The van der Waals surface area contributed by atoms with E-state index in [1.54, 1.807) is 0 Å². The lowest BCUT2D eigenvalue weighted by Crippen LogP contribution is -2.16. The van der Waals surface area contributed by atoms with Crippen LogP contribution in [-0.2, 0) is 0 Å². The number of hydrogen-bond donors (Lipinski definition) is 2. The molecular formula is C3H8INO.